The number of fused-ring (bicyclic) bond motifs is 1. The second-order valence-corrected chi connectivity index (χ2v) is 7.40. The molecular formula is C30H35NO4. The molecule has 1 heterocycles. The number of ketones is 1. The van der Waals surface area contributed by atoms with Crippen molar-refractivity contribution in [3.05, 3.63) is 96.3 Å². The Labute approximate surface area is 208 Å². The van der Waals surface area contributed by atoms with E-state index in [1.54, 1.807) is 0 Å². The van der Waals surface area contributed by atoms with Crippen molar-refractivity contribution in [3.8, 4) is 11.1 Å². The summed E-state index contributed by atoms with van der Waals surface area (Å²) in [4.78, 5) is 24.2. The van der Waals surface area contributed by atoms with Crippen molar-refractivity contribution in [1.82, 2.24) is 5.32 Å². The molecule has 0 aliphatic heterocycles. The summed E-state index contributed by atoms with van der Waals surface area (Å²) in [6, 6.07) is 26.8. The number of carbonyl (C=O) groups is 2. The van der Waals surface area contributed by atoms with Crippen LogP contribution in [-0.4, -0.2) is 17.9 Å². The molecule has 0 saturated carbocycles. The van der Waals surface area contributed by atoms with Gasteiger partial charge in [-0.2, -0.15) is 0 Å². The summed E-state index contributed by atoms with van der Waals surface area (Å²) in [6.45, 7) is 9.44. The molecule has 184 valence electrons. The van der Waals surface area contributed by atoms with Gasteiger partial charge in [-0.25, -0.2) is 4.79 Å². The number of alkyl carbamates (subject to hydrolysis) is 1. The summed E-state index contributed by atoms with van der Waals surface area (Å²) in [6.07, 6.45) is -0.236. The van der Waals surface area contributed by atoms with Crippen molar-refractivity contribution in [1.29, 1.82) is 0 Å². The molecule has 1 N–H and O–H groups in total. The monoisotopic (exact) mass is 473 g/mol. The van der Waals surface area contributed by atoms with Gasteiger partial charge >= 0.3 is 6.09 Å². The quantitative estimate of drug-likeness (QED) is 0.300. The maximum atomic E-state index is 12.2. The van der Waals surface area contributed by atoms with Crippen molar-refractivity contribution in [2.24, 2.45) is 0 Å². The number of amides is 1. The van der Waals surface area contributed by atoms with E-state index in [1.807, 2.05) is 100 Å². The molecule has 0 radical (unpaired) electrons. The first-order chi connectivity index (χ1) is 17.1. The van der Waals surface area contributed by atoms with Crippen LogP contribution in [0, 0.1) is 0 Å². The maximum Gasteiger partial charge on any atom is 0.408 e. The van der Waals surface area contributed by atoms with Gasteiger partial charge in [0.25, 0.3) is 0 Å². The van der Waals surface area contributed by atoms with Crippen LogP contribution in [-0.2, 0) is 22.6 Å². The lowest BCUT2D eigenvalue weighted by molar-refractivity contribution is -0.118. The molecule has 0 saturated heterocycles. The van der Waals surface area contributed by atoms with Crippen LogP contribution in [0.25, 0.3) is 22.1 Å². The van der Waals surface area contributed by atoms with E-state index in [4.69, 9.17) is 9.15 Å². The van der Waals surface area contributed by atoms with Crippen LogP contribution in [0.15, 0.2) is 89.3 Å². The SMILES string of the molecule is CC.CC.CC(=O)C(Cc1ccccc1)NC(=O)OCc1cc2cc(-c3ccccc3)ccc2o1. The second kappa shape index (κ2) is 14.4. The molecule has 0 bridgehead atoms. The van der Waals surface area contributed by atoms with Gasteiger partial charge < -0.3 is 14.5 Å². The third-order valence-corrected chi connectivity index (χ3v) is 5.09. The third-order valence-electron chi connectivity index (χ3n) is 5.09. The first-order valence-corrected chi connectivity index (χ1v) is 12.1. The van der Waals surface area contributed by atoms with E-state index in [1.165, 1.54) is 6.92 Å². The van der Waals surface area contributed by atoms with Crippen LogP contribution >= 0.6 is 0 Å². The highest BCUT2D eigenvalue weighted by molar-refractivity contribution is 5.86. The number of Topliss-reactive ketones (excluding diaryl/α,β-unsaturated/α-hetero) is 1. The molecule has 0 aliphatic rings. The Hall–Kier alpha value is -3.86. The predicted octanol–water partition coefficient (Wildman–Crippen LogP) is 7.58. The number of furan rings is 1. The fourth-order valence-corrected chi connectivity index (χ4v) is 3.45. The summed E-state index contributed by atoms with van der Waals surface area (Å²) >= 11 is 0. The molecule has 1 aromatic heterocycles. The smallest absolute Gasteiger partial charge is 0.408 e. The number of hydrogen-bond acceptors (Lipinski definition) is 4. The van der Waals surface area contributed by atoms with Crippen LogP contribution in [0.3, 0.4) is 0 Å². The van der Waals surface area contributed by atoms with Crippen LogP contribution in [0.1, 0.15) is 45.9 Å². The van der Waals surface area contributed by atoms with Gasteiger partial charge in [0.05, 0.1) is 6.04 Å². The molecule has 5 nitrogen and oxygen atoms in total. The molecule has 5 heteroatoms. The van der Waals surface area contributed by atoms with E-state index < -0.39 is 12.1 Å². The predicted molar refractivity (Wildman–Crippen MR) is 142 cm³/mol. The average molecular weight is 474 g/mol. The molecule has 3 aromatic carbocycles. The van der Waals surface area contributed by atoms with E-state index >= 15 is 0 Å². The van der Waals surface area contributed by atoms with Gasteiger partial charge in [-0.15, -0.1) is 0 Å². The Morgan fingerprint density at radius 2 is 1.46 bits per heavy atom. The minimum atomic E-state index is -0.651. The number of nitrogens with one attached hydrogen (secondary N) is 1. The van der Waals surface area contributed by atoms with Crippen molar-refractivity contribution in [3.63, 3.8) is 0 Å². The lowest BCUT2D eigenvalue weighted by Crippen LogP contribution is -2.41. The Morgan fingerprint density at radius 1 is 0.829 bits per heavy atom. The fourth-order valence-electron chi connectivity index (χ4n) is 3.45. The number of ether oxygens (including phenoxy) is 1. The third kappa shape index (κ3) is 8.14. The molecule has 1 amide bonds. The zero-order valence-electron chi connectivity index (χ0n) is 21.2. The molecule has 35 heavy (non-hydrogen) atoms. The lowest BCUT2D eigenvalue weighted by Gasteiger charge is -2.15. The van der Waals surface area contributed by atoms with Crippen LogP contribution in [0.5, 0.6) is 0 Å². The fraction of sp³-hybridized carbons (Fsp3) is 0.267. The standard InChI is InChI=1S/C26H23NO4.2C2H6/c1-18(28)24(14-19-8-4-2-5-9-19)27-26(29)30-17-23-16-22-15-21(12-13-25(22)31-23)20-10-6-3-7-11-20;2*1-2/h2-13,15-16,24H,14,17H2,1H3,(H,27,29);2*1-2H3. The van der Waals surface area contributed by atoms with E-state index in [2.05, 4.69) is 17.4 Å². The van der Waals surface area contributed by atoms with E-state index in [9.17, 15) is 9.59 Å². The minimum Gasteiger partial charge on any atom is -0.457 e. The zero-order valence-corrected chi connectivity index (χ0v) is 21.2. The number of rotatable bonds is 7. The molecule has 1 atom stereocenters. The van der Waals surface area contributed by atoms with Gasteiger partial charge in [-0.1, -0.05) is 94.4 Å². The minimum absolute atomic E-state index is 0.0167. The summed E-state index contributed by atoms with van der Waals surface area (Å²) in [7, 11) is 0. The summed E-state index contributed by atoms with van der Waals surface area (Å²) in [5, 5.41) is 3.58. The average Bonchev–Trinajstić information content (AvgIpc) is 3.33. The summed E-state index contributed by atoms with van der Waals surface area (Å²) in [5.41, 5.74) is 3.90. The highest BCUT2D eigenvalue weighted by atomic mass is 16.6. The number of benzene rings is 3. The van der Waals surface area contributed by atoms with Crippen LogP contribution < -0.4 is 5.32 Å². The van der Waals surface area contributed by atoms with Gasteiger partial charge in [-0.3, -0.25) is 4.79 Å². The highest BCUT2D eigenvalue weighted by Gasteiger charge is 2.19. The van der Waals surface area contributed by atoms with Gasteiger partial charge in [0.1, 0.15) is 11.3 Å². The van der Waals surface area contributed by atoms with Crippen molar-refractivity contribution >= 4 is 22.8 Å². The van der Waals surface area contributed by atoms with E-state index in [-0.39, 0.29) is 12.4 Å². The van der Waals surface area contributed by atoms with Gasteiger partial charge in [0.15, 0.2) is 12.4 Å². The molecule has 0 spiro atoms. The van der Waals surface area contributed by atoms with Crippen LogP contribution in [0.4, 0.5) is 4.79 Å². The summed E-state index contributed by atoms with van der Waals surface area (Å²) < 4.78 is 11.1. The molecule has 0 fully saturated rings. The number of carbonyl (C=O) groups excluding carboxylic acids is 2. The summed E-state index contributed by atoms with van der Waals surface area (Å²) in [5.74, 6) is 0.413. The highest BCUT2D eigenvalue weighted by Crippen LogP contribution is 2.27. The topological polar surface area (TPSA) is 68.5 Å². The normalized spacial score (nSPS) is 10.8. The van der Waals surface area contributed by atoms with Crippen molar-refractivity contribution in [2.75, 3.05) is 0 Å². The maximum absolute atomic E-state index is 12.2. The lowest BCUT2D eigenvalue weighted by atomic mass is 10.0. The van der Waals surface area contributed by atoms with Crippen molar-refractivity contribution < 1.29 is 18.7 Å². The molecule has 4 aromatic rings. The molecular weight excluding hydrogens is 438 g/mol. The first kappa shape index (κ1) is 27.4. The largest absolute Gasteiger partial charge is 0.457 e. The zero-order chi connectivity index (χ0) is 25.6. The Bertz CT molecular complexity index is 1180. The second-order valence-electron chi connectivity index (χ2n) is 7.40. The first-order valence-electron chi connectivity index (χ1n) is 12.1. The molecule has 0 aliphatic carbocycles. The van der Waals surface area contributed by atoms with Crippen molar-refractivity contribution in [2.45, 2.75) is 53.7 Å². The van der Waals surface area contributed by atoms with Crippen LogP contribution in [0.2, 0.25) is 0 Å². The Morgan fingerprint density at radius 3 is 2.09 bits per heavy atom. The van der Waals surface area contributed by atoms with Gasteiger partial charge in [0.2, 0.25) is 0 Å². The molecule has 4 rings (SSSR count). The number of hydrogen-bond donors (Lipinski definition) is 1. The van der Waals surface area contributed by atoms with Gasteiger partial charge in [0, 0.05) is 5.39 Å². The molecule has 1 unspecified atom stereocenters. The van der Waals surface area contributed by atoms with E-state index in [0.29, 0.717) is 12.2 Å². The van der Waals surface area contributed by atoms with E-state index in [0.717, 1.165) is 27.7 Å². The van der Waals surface area contributed by atoms with Gasteiger partial charge in [-0.05, 0) is 48.2 Å². The Kier molecular flexibility index (Phi) is 11.3. The Balaban J connectivity index is 0.00000103.